The Balaban J connectivity index is 2.21. The van der Waals surface area contributed by atoms with Crippen molar-refractivity contribution >= 4 is 23.2 Å². The quantitative estimate of drug-likeness (QED) is 0.916. The Morgan fingerprint density at radius 3 is 2.61 bits per heavy atom. The molecule has 0 saturated heterocycles. The number of rotatable bonds is 3. The predicted molar refractivity (Wildman–Crippen MR) is 71.4 cm³/mol. The topological polar surface area (TPSA) is 42.4 Å². The molecular formula is C13H11Cl2NO2. The first kappa shape index (κ1) is 13.1. The van der Waals surface area contributed by atoms with Crippen LogP contribution in [0.2, 0.25) is 10.0 Å². The lowest BCUT2D eigenvalue weighted by Crippen LogP contribution is -1.95. The third kappa shape index (κ3) is 3.13. The SMILES string of the molecule is CC(O)c1ccc(Oc2cc(Cl)ccc2Cl)cn1. The molecule has 1 aromatic carbocycles. The number of halogens is 2. The summed E-state index contributed by atoms with van der Waals surface area (Å²) in [6.07, 6.45) is 0.924. The van der Waals surface area contributed by atoms with E-state index in [-0.39, 0.29) is 0 Å². The summed E-state index contributed by atoms with van der Waals surface area (Å²) in [5.41, 5.74) is 0.583. The molecule has 0 bridgehead atoms. The molecule has 3 nitrogen and oxygen atoms in total. The Morgan fingerprint density at radius 1 is 1.22 bits per heavy atom. The molecule has 94 valence electrons. The highest BCUT2D eigenvalue weighted by atomic mass is 35.5. The smallest absolute Gasteiger partial charge is 0.147 e. The first-order valence-electron chi connectivity index (χ1n) is 5.33. The third-order valence-corrected chi connectivity index (χ3v) is 2.86. The molecule has 2 aromatic rings. The molecular weight excluding hydrogens is 273 g/mol. The summed E-state index contributed by atoms with van der Waals surface area (Å²) < 4.78 is 5.56. The van der Waals surface area contributed by atoms with E-state index in [0.29, 0.717) is 27.2 Å². The Labute approximate surface area is 115 Å². The molecule has 0 radical (unpaired) electrons. The van der Waals surface area contributed by atoms with Crippen molar-refractivity contribution in [2.75, 3.05) is 0 Å². The first-order valence-corrected chi connectivity index (χ1v) is 6.09. The third-order valence-electron chi connectivity index (χ3n) is 2.31. The van der Waals surface area contributed by atoms with Gasteiger partial charge >= 0.3 is 0 Å². The molecule has 1 aromatic heterocycles. The molecule has 2 rings (SSSR count). The number of aliphatic hydroxyl groups excluding tert-OH is 1. The van der Waals surface area contributed by atoms with Gasteiger partial charge in [0.2, 0.25) is 0 Å². The standard InChI is InChI=1S/C13H11Cl2NO2/c1-8(17)12-5-3-10(7-16-12)18-13-6-9(14)2-4-11(13)15/h2-8,17H,1H3. The van der Waals surface area contributed by atoms with Crippen molar-refractivity contribution in [3.8, 4) is 11.5 Å². The number of pyridine rings is 1. The van der Waals surface area contributed by atoms with Gasteiger partial charge in [-0.2, -0.15) is 0 Å². The maximum atomic E-state index is 9.34. The Hall–Kier alpha value is -1.29. The van der Waals surface area contributed by atoms with Crippen LogP contribution in [0.15, 0.2) is 36.5 Å². The zero-order valence-electron chi connectivity index (χ0n) is 9.60. The van der Waals surface area contributed by atoms with E-state index in [2.05, 4.69) is 4.98 Å². The van der Waals surface area contributed by atoms with Gasteiger partial charge in [-0.25, -0.2) is 0 Å². The van der Waals surface area contributed by atoms with Crippen LogP contribution in [0.1, 0.15) is 18.7 Å². The average Bonchev–Trinajstić information content (AvgIpc) is 2.34. The lowest BCUT2D eigenvalue weighted by atomic mass is 10.2. The van der Waals surface area contributed by atoms with Crippen LogP contribution in [-0.2, 0) is 0 Å². The summed E-state index contributed by atoms with van der Waals surface area (Å²) >= 11 is 11.8. The van der Waals surface area contributed by atoms with E-state index in [1.165, 1.54) is 6.20 Å². The molecule has 18 heavy (non-hydrogen) atoms. The molecule has 1 atom stereocenters. The van der Waals surface area contributed by atoms with Crippen LogP contribution in [-0.4, -0.2) is 10.1 Å². The fourth-order valence-corrected chi connectivity index (χ4v) is 1.70. The maximum absolute atomic E-state index is 9.34. The fourth-order valence-electron chi connectivity index (χ4n) is 1.38. The molecule has 1 heterocycles. The Kier molecular flexibility index (Phi) is 4.07. The lowest BCUT2D eigenvalue weighted by molar-refractivity contribution is 0.194. The van der Waals surface area contributed by atoms with E-state index in [9.17, 15) is 5.11 Å². The van der Waals surface area contributed by atoms with Gasteiger partial charge in [0.25, 0.3) is 0 Å². The van der Waals surface area contributed by atoms with Gasteiger partial charge < -0.3 is 9.84 Å². The zero-order chi connectivity index (χ0) is 13.1. The number of aromatic nitrogens is 1. The normalized spacial score (nSPS) is 12.2. The first-order chi connectivity index (χ1) is 8.56. The Morgan fingerprint density at radius 2 is 2.00 bits per heavy atom. The van der Waals surface area contributed by atoms with E-state index in [4.69, 9.17) is 27.9 Å². The van der Waals surface area contributed by atoms with Crippen LogP contribution in [0, 0.1) is 0 Å². The summed E-state index contributed by atoms with van der Waals surface area (Å²) in [5.74, 6) is 0.999. The van der Waals surface area contributed by atoms with Crippen molar-refractivity contribution in [3.05, 3.63) is 52.3 Å². The van der Waals surface area contributed by atoms with Crippen molar-refractivity contribution in [2.24, 2.45) is 0 Å². The number of hydrogen-bond acceptors (Lipinski definition) is 3. The van der Waals surface area contributed by atoms with E-state index >= 15 is 0 Å². The minimum absolute atomic E-state index is 0.468. The van der Waals surface area contributed by atoms with Crippen LogP contribution in [0.5, 0.6) is 11.5 Å². The minimum atomic E-state index is -0.603. The fraction of sp³-hybridized carbons (Fsp3) is 0.154. The van der Waals surface area contributed by atoms with Crippen molar-refractivity contribution in [2.45, 2.75) is 13.0 Å². The van der Waals surface area contributed by atoms with Gasteiger partial charge in [-0.05, 0) is 31.2 Å². The Bertz CT molecular complexity index is 541. The van der Waals surface area contributed by atoms with Crippen LogP contribution in [0.25, 0.3) is 0 Å². The van der Waals surface area contributed by atoms with Crippen LogP contribution < -0.4 is 4.74 Å². The summed E-state index contributed by atoms with van der Waals surface area (Å²) in [6, 6.07) is 8.39. The number of hydrogen-bond donors (Lipinski definition) is 1. The second-order valence-electron chi connectivity index (χ2n) is 3.77. The van der Waals surface area contributed by atoms with Gasteiger partial charge in [0.15, 0.2) is 0 Å². The summed E-state index contributed by atoms with van der Waals surface area (Å²) in [5, 5.41) is 10.4. The molecule has 5 heteroatoms. The van der Waals surface area contributed by atoms with Crippen LogP contribution in [0.3, 0.4) is 0 Å². The number of nitrogens with zero attached hydrogens (tertiary/aromatic N) is 1. The molecule has 1 unspecified atom stereocenters. The van der Waals surface area contributed by atoms with Crippen molar-refractivity contribution in [1.29, 1.82) is 0 Å². The lowest BCUT2D eigenvalue weighted by Gasteiger charge is -2.09. The van der Waals surface area contributed by atoms with Gasteiger partial charge in [-0.3, -0.25) is 4.98 Å². The number of aliphatic hydroxyl groups is 1. The summed E-state index contributed by atoms with van der Waals surface area (Å²) in [4.78, 5) is 4.08. The van der Waals surface area contributed by atoms with E-state index < -0.39 is 6.10 Å². The molecule has 0 spiro atoms. The molecule has 0 saturated carbocycles. The van der Waals surface area contributed by atoms with Gasteiger partial charge in [0, 0.05) is 11.1 Å². The zero-order valence-corrected chi connectivity index (χ0v) is 11.1. The number of ether oxygens (including phenoxy) is 1. The second kappa shape index (κ2) is 5.57. The monoisotopic (exact) mass is 283 g/mol. The van der Waals surface area contributed by atoms with E-state index in [0.717, 1.165) is 0 Å². The molecule has 0 fully saturated rings. The predicted octanol–water partition coefficient (Wildman–Crippen LogP) is 4.23. The molecule has 0 aliphatic carbocycles. The van der Waals surface area contributed by atoms with Gasteiger partial charge in [0.1, 0.15) is 11.5 Å². The molecule has 1 N–H and O–H groups in total. The molecule has 0 amide bonds. The van der Waals surface area contributed by atoms with Gasteiger partial charge in [0.05, 0.1) is 23.0 Å². The highest BCUT2D eigenvalue weighted by Crippen LogP contribution is 2.31. The second-order valence-corrected chi connectivity index (χ2v) is 4.62. The molecule has 0 aliphatic rings. The highest BCUT2D eigenvalue weighted by Gasteiger charge is 2.06. The largest absolute Gasteiger partial charge is 0.454 e. The van der Waals surface area contributed by atoms with Gasteiger partial charge in [-0.1, -0.05) is 23.2 Å². The van der Waals surface area contributed by atoms with Crippen LogP contribution in [0.4, 0.5) is 0 Å². The van der Waals surface area contributed by atoms with Crippen molar-refractivity contribution in [1.82, 2.24) is 4.98 Å². The van der Waals surface area contributed by atoms with Crippen LogP contribution >= 0.6 is 23.2 Å². The van der Waals surface area contributed by atoms with Crippen molar-refractivity contribution in [3.63, 3.8) is 0 Å². The highest BCUT2D eigenvalue weighted by molar-refractivity contribution is 6.34. The number of benzene rings is 1. The van der Waals surface area contributed by atoms with Crippen molar-refractivity contribution < 1.29 is 9.84 Å². The van der Waals surface area contributed by atoms with E-state index in [1.807, 2.05) is 0 Å². The van der Waals surface area contributed by atoms with E-state index in [1.54, 1.807) is 37.3 Å². The summed E-state index contributed by atoms with van der Waals surface area (Å²) in [6.45, 7) is 1.65. The maximum Gasteiger partial charge on any atom is 0.147 e. The van der Waals surface area contributed by atoms with Gasteiger partial charge in [-0.15, -0.1) is 0 Å². The summed E-state index contributed by atoms with van der Waals surface area (Å²) in [7, 11) is 0. The molecule has 0 aliphatic heterocycles. The minimum Gasteiger partial charge on any atom is -0.454 e. The average molecular weight is 284 g/mol.